The highest BCUT2D eigenvalue weighted by atomic mass is 35.5. The van der Waals surface area contributed by atoms with E-state index in [-0.39, 0.29) is 73.2 Å². The molecule has 84 heavy (non-hydrogen) atoms. The van der Waals surface area contributed by atoms with E-state index in [1.54, 1.807) is 58.9 Å². The van der Waals surface area contributed by atoms with Crippen LogP contribution in [0.15, 0.2) is 82.3 Å². The maximum atomic E-state index is 17.2. The number of carboxylic acids is 1. The van der Waals surface area contributed by atoms with Gasteiger partial charge in [-0.15, -0.1) is 23.2 Å². The fourth-order valence-corrected chi connectivity index (χ4v) is 18.7. The van der Waals surface area contributed by atoms with E-state index in [4.69, 9.17) is 46.9 Å². The van der Waals surface area contributed by atoms with Crippen LogP contribution in [0.2, 0.25) is 0 Å². The average Bonchev–Trinajstić information content (AvgIpc) is 1.37. The number of carbonyl (C=O) groups excluding carboxylic acids is 6. The lowest BCUT2D eigenvalue weighted by atomic mass is 9.44. The molecule has 6 saturated carbocycles. The number of aliphatic carboxylic acids is 1. The van der Waals surface area contributed by atoms with Crippen molar-refractivity contribution >= 4 is 86.0 Å². The predicted molar refractivity (Wildman–Crippen MR) is 305 cm³/mol. The first kappa shape index (κ1) is 62.0. The number of carbonyl (C=O) groups is 7. The largest absolute Gasteiger partial charge is 0.481 e. The number of allylic oxidation sites excluding steroid dienone is 5. The van der Waals surface area contributed by atoms with E-state index in [0.717, 1.165) is 33.6 Å². The number of fused-ring (bicyclic) bond motifs is 15. The standard InChI is InChI=1S/C25H31ClF2O5.C24H32ClFO5.C16H12O4/c1-5-21(32)33-25(20(31)12-26)13(2)8-15-16-10-18(27)17-9-14(29)6-7-22(17,3)24(16,28)19(30)11-23(15,25)4;1-20(2)30-19-10-16-15-6-5-13-9-14(27)7-8-21(13,3)23(15,26)17(28)11-22(16,4)24(19,31-20)18(29)12-25;17-13(6-8-16(18)19)10-5-7-15-12(9-10)11-3-1-2-4-14(11)20-15/h6-7,9,13,15-16,18-19,30H,5,8,10-12H2,1-4H3;9,15-17,19,28H,5-8,10-12H2,1-4H3;1-5,7,9H,6,8H2,(H,18,19)/t13-,15?,16?,18-,19?,22?,23?,24-,25-;15-,16-,17-,19+,21-,22-,23-,24+;/m00./s1. The van der Waals surface area contributed by atoms with Crippen LogP contribution in [-0.4, -0.2) is 121 Å². The number of carboxylic acid groups (broad SMARTS) is 1. The van der Waals surface area contributed by atoms with Gasteiger partial charge in [0, 0.05) is 75.0 Å². The number of aliphatic hydroxyl groups excluding tert-OH is 2. The Bertz CT molecular complexity index is 3350. The molecule has 0 spiro atoms. The molecular weight excluding hydrogens is 1130 g/mol. The van der Waals surface area contributed by atoms with Crippen LogP contribution in [0.5, 0.6) is 0 Å². The first-order chi connectivity index (χ1) is 39.3. The molecule has 19 heteroatoms. The van der Waals surface area contributed by atoms with Crippen LogP contribution in [0.25, 0.3) is 21.9 Å². The van der Waals surface area contributed by atoms with Gasteiger partial charge in [-0.25, -0.2) is 13.2 Å². The van der Waals surface area contributed by atoms with E-state index in [0.29, 0.717) is 44.1 Å². The molecule has 0 bridgehead atoms. The van der Waals surface area contributed by atoms with Crippen LogP contribution in [-0.2, 0) is 43.0 Å². The number of esters is 1. The molecule has 17 atom stereocenters. The number of hydrogen-bond acceptors (Lipinski definition) is 13. The van der Waals surface area contributed by atoms with Gasteiger partial charge in [-0.1, -0.05) is 64.5 Å². The fourth-order valence-electron chi connectivity index (χ4n) is 18.3. The molecule has 1 saturated heterocycles. The number of hydrogen-bond donors (Lipinski definition) is 3. The summed E-state index contributed by atoms with van der Waals surface area (Å²) in [4.78, 5) is 85.5. The molecule has 9 aliphatic rings. The molecule has 14 nitrogen and oxygen atoms in total. The molecule has 5 unspecified atom stereocenters. The summed E-state index contributed by atoms with van der Waals surface area (Å²) in [6, 6.07) is 12.8. The number of furan rings is 1. The van der Waals surface area contributed by atoms with E-state index < -0.39 is 128 Å². The zero-order valence-corrected chi connectivity index (χ0v) is 50.2. The Morgan fingerprint density at radius 2 is 1.43 bits per heavy atom. The summed E-state index contributed by atoms with van der Waals surface area (Å²) < 4.78 is 74.0. The quantitative estimate of drug-likeness (QED) is 0.0977. The second-order valence-corrected chi connectivity index (χ2v) is 27.0. The minimum Gasteiger partial charge on any atom is -0.481 e. The molecule has 454 valence electrons. The van der Waals surface area contributed by atoms with Crippen molar-refractivity contribution in [3.63, 3.8) is 0 Å². The first-order valence-electron chi connectivity index (χ1n) is 29.4. The number of para-hydroxylation sites is 1. The maximum absolute atomic E-state index is 17.2. The Morgan fingerprint density at radius 3 is 2.11 bits per heavy atom. The molecule has 0 amide bonds. The number of halogens is 5. The third kappa shape index (κ3) is 8.77. The summed E-state index contributed by atoms with van der Waals surface area (Å²) in [5, 5.41) is 33.3. The SMILES string of the molecule is CC1(C)O[C@@H]2C[C@H]3[C@@H]4CCC5=CC(=O)CC[C@]5(C)[C@@]4(F)[C@@H](O)C[C@]3(C)[C@]2(C(=O)CCl)O1.CCC(=O)O[C@]1(C(=O)CCl)[C@@H](C)CC2C3C[C@H](F)C4=CC(=O)C=CC4(C)[C@@]3(F)C(O)CC21C.O=C(O)CCC(=O)c1ccc2oc3ccccc3c2c1. The van der Waals surface area contributed by atoms with E-state index in [1.165, 1.54) is 19.1 Å². The van der Waals surface area contributed by atoms with Crippen molar-refractivity contribution in [1.29, 1.82) is 0 Å². The highest BCUT2D eigenvalue weighted by Gasteiger charge is 2.81. The topological polar surface area (TPSA) is 221 Å². The zero-order chi connectivity index (χ0) is 61.3. The lowest BCUT2D eigenvalue weighted by Crippen LogP contribution is -2.71. The van der Waals surface area contributed by atoms with Crippen LogP contribution in [0.1, 0.15) is 143 Å². The van der Waals surface area contributed by atoms with E-state index in [2.05, 4.69) is 0 Å². The molecule has 7 fully saturated rings. The monoisotopic (exact) mass is 1210 g/mol. The van der Waals surface area contributed by atoms with Gasteiger partial charge in [-0.2, -0.15) is 0 Å². The van der Waals surface area contributed by atoms with E-state index in [1.807, 2.05) is 38.1 Å². The van der Waals surface area contributed by atoms with Gasteiger partial charge in [0.1, 0.15) is 23.0 Å². The van der Waals surface area contributed by atoms with Gasteiger partial charge in [0.15, 0.2) is 51.6 Å². The van der Waals surface area contributed by atoms with E-state index in [9.17, 15) is 43.8 Å². The smallest absolute Gasteiger partial charge is 0.306 e. The van der Waals surface area contributed by atoms with Crippen LogP contribution in [0.3, 0.4) is 0 Å². The lowest BCUT2D eigenvalue weighted by Gasteiger charge is -2.63. The second kappa shape index (κ2) is 21.4. The Morgan fingerprint density at radius 1 is 0.774 bits per heavy atom. The van der Waals surface area contributed by atoms with Crippen LogP contribution in [0.4, 0.5) is 13.2 Å². The normalized spacial score (nSPS) is 41.1. The molecule has 2 aromatic carbocycles. The first-order valence-corrected chi connectivity index (χ1v) is 30.4. The highest BCUT2D eigenvalue weighted by Crippen LogP contribution is 2.74. The van der Waals surface area contributed by atoms with Gasteiger partial charge in [0.2, 0.25) is 0 Å². The van der Waals surface area contributed by atoms with Crippen molar-refractivity contribution < 1.29 is 80.7 Å². The van der Waals surface area contributed by atoms with Crippen molar-refractivity contribution in [2.45, 2.75) is 185 Å². The van der Waals surface area contributed by atoms with Crippen molar-refractivity contribution in [2.24, 2.45) is 51.2 Å². The minimum absolute atomic E-state index is 0.0105. The fraction of sp³-hybridized carbons (Fsp3) is 0.615. The molecule has 1 aliphatic heterocycles. The van der Waals surface area contributed by atoms with Gasteiger partial charge in [-0.3, -0.25) is 33.6 Å². The summed E-state index contributed by atoms with van der Waals surface area (Å²) in [5.41, 5.74) is -8.45. The van der Waals surface area contributed by atoms with Gasteiger partial charge in [-0.05, 0) is 132 Å². The number of aliphatic hydroxyl groups is 2. The molecule has 3 N–H and O–H groups in total. The number of alkyl halides is 5. The van der Waals surface area contributed by atoms with Crippen molar-refractivity contribution in [3.05, 3.63) is 83.5 Å². The highest BCUT2D eigenvalue weighted by molar-refractivity contribution is 6.29. The second-order valence-electron chi connectivity index (χ2n) is 26.5. The molecule has 0 radical (unpaired) electrons. The number of ketones is 5. The number of rotatable bonds is 10. The average molecular weight is 1210 g/mol. The van der Waals surface area contributed by atoms with Crippen LogP contribution >= 0.6 is 23.2 Å². The Kier molecular flexibility index (Phi) is 15.8. The van der Waals surface area contributed by atoms with Gasteiger partial charge < -0.3 is 33.9 Å². The molecular formula is C65H75Cl2F3O14. The lowest BCUT2D eigenvalue weighted by molar-refractivity contribution is -0.250. The maximum Gasteiger partial charge on any atom is 0.306 e. The van der Waals surface area contributed by atoms with Gasteiger partial charge in [0.25, 0.3) is 0 Å². The van der Waals surface area contributed by atoms with Crippen LogP contribution in [0, 0.1) is 51.2 Å². The Hall–Kier alpha value is -5.04. The van der Waals surface area contributed by atoms with Gasteiger partial charge in [0.05, 0.1) is 36.5 Å². The van der Waals surface area contributed by atoms with Crippen molar-refractivity contribution in [3.8, 4) is 0 Å². The number of Topliss-reactive ketones (excluding diaryl/α,β-unsaturated/α-hetero) is 3. The van der Waals surface area contributed by atoms with E-state index >= 15 is 13.2 Å². The molecule has 12 rings (SSSR count). The predicted octanol–water partition coefficient (Wildman–Crippen LogP) is 11.6. The Balaban J connectivity index is 0.000000145. The summed E-state index contributed by atoms with van der Waals surface area (Å²) in [6.07, 6.45) is 2.72. The zero-order valence-electron chi connectivity index (χ0n) is 48.7. The van der Waals surface area contributed by atoms with Crippen molar-refractivity contribution in [1.82, 2.24) is 0 Å². The summed E-state index contributed by atoms with van der Waals surface area (Å²) in [5.74, 6) is -6.99. The summed E-state index contributed by atoms with van der Waals surface area (Å²) in [6.45, 7) is 14.0. The van der Waals surface area contributed by atoms with Crippen LogP contribution < -0.4 is 0 Å². The molecule has 3 aromatic rings. The van der Waals surface area contributed by atoms with Crippen molar-refractivity contribution in [2.75, 3.05) is 11.8 Å². The third-order valence-corrected chi connectivity index (χ3v) is 22.6. The minimum atomic E-state index is -2.25. The van der Waals surface area contributed by atoms with Gasteiger partial charge >= 0.3 is 11.9 Å². The molecule has 8 aliphatic carbocycles. The number of ether oxygens (including phenoxy) is 3. The number of benzene rings is 2. The Labute approximate surface area is 496 Å². The third-order valence-electron chi connectivity index (χ3n) is 22.1. The molecule has 2 heterocycles. The summed E-state index contributed by atoms with van der Waals surface area (Å²) in [7, 11) is 0. The summed E-state index contributed by atoms with van der Waals surface area (Å²) >= 11 is 12.0. The molecule has 1 aromatic heterocycles.